The fourth-order valence-electron chi connectivity index (χ4n) is 1.69. The van der Waals surface area contributed by atoms with Gasteiger partial charge in [0.2, 0.25) is 0 Å². The lowest BCUT2D eigenvalue weighted by Crippen LogP contribution is -2.16. The van der Waals surface area contributed by atoms with Crippen LogP contribution in [0.25, 0.3) is 0 Å². The number of esters is 1. The molecule has 0 aliphatic heterocycles. The summed E-state index contributed by atoms with van der Waals surface area (Å²) in [6.45, 7) is 2.25. The zero-order valence-corrected chi connectivity index (χ0v) is 11.1. The highest BCUT2D eigenvalue weighted by Crippen LogP contribution is 2.06. The van der Waals surface area contributed by atoms with Crippen molar-refractivity contribution in [2.24, 2.45) is 0 Å². The minimum Gasteiger partial charge on any atom is -0.469 e. The molecule has 0 aliphatic rings. The lowest BCUT2D eigenvalue weighted by atomic mass is 10.1. The van der Waals surface area contributed by atoms with Gasteiger partial charge in [0.1, 0.15) is 0 Å². The van der Waals surface area contributed by atoms with Gasteiger partial charge in [-0.25, -0.2) is 0 Å². The minimum absolute atomic E-state index is 0.154. The number of rotatable bonds is 8. The smallest absolute Gasteiger partial charge is 0.305 e. The first-order valence-electron chi connectivity index (χ1n) is 6.10. The van der Waals surface area contributed by atoms with E-state index in [1.165, 1.54) is 18.2 Å². The number of hydrogen-bond donors (Lipinski definition) is 1. The van der Waals surface area contributed by atoms with Crippen LogP contribution in [0.15, 0.2) is 24.3 Å². The molecule has 4 nitrogen and oxygen atoms in total. The van der Waals surface area contributed by atoms with Crippen molar-refractivity contribution in [3.05, 3.63) is 35.4 Å². The summed E-state index contributed by atoms with van der Waals surface area (Å²) < 4.78 is 9.67. The second-order valence-electron chi connectivity index (χ2n) is 4.11. The van der Waals surface area contributed by atoms with Gasteiger partial charge in [0, 0.05) is 20.1 Å². The Morgan fingerprint density at radius 1 is 1.28 bits per heavy atom. The predicted octanol–water partition coefficient (Wildman–Crippen LogP) is 1.88. The van der Waals surface area contributed by atoms with Gasteiger partial charge < -0.3 is 14.8 Å². The topological polar surface area (TPSA) is 47.6 Å². The van der Waals surface area contributed by atoms with E-state index >= 15 is 0 Å². The van der Waals surface area contributed by atoms with E-state index in [1.807, 2.05) is 12.1 Å². The minimum atomic E-state index is -0.154. The first kappa shape index (κ1) is 14.7. The standard InChI is InChI=1S/C14H21NO3/c1-17-11-13-6-3-5-12(9-13)10-15-8-4-7-14(16)18-2/h3,5-6,9,15H,4,7-8,10-11H2,1-2H3. The number of methoxy groups -OCH3 is 2. The number of ether oxygens (including phenoxy) is 2. The van der Waals surface area contributed by atoms with Crippen molar-refractivity contribution >= 4 is 5.97 Å². The SMILES string of the molecule is COCc1cccc(CNCCCC(=O)OC)c1. The molecule has 0 saturated carbocycles. The van der Waals surface area contributed by atoms with Crippen LogP contribution in [-0.2, 0) is 27.4 Å². The van der Waals surface area contributed by atoms with Crippen LogP contribution in [0.4, 0.5) is 0 Å². The fraction of sp³-hybridized carbons (Fsp3) is 0.500. The molecule has 100 valence electrons. The highest BCUT2D eigenvalue weighted by Gasteiger charge is 1.99. The summed E-state index contributed by atoms with van der Waals surface area (Å²) in [5.41, 5.74) is 2.40. The van der Waals surface area contributed by atoms with Crippen molar-refractivity contribution in [2.75, 3.05) is 20.8 Å². The summed E-state index contributed by atoms with van der Waals surface area (Å²) in [4.78, 5) is 10.9. The largest absolute Gasteiger partial charge is 0.469 e. The third-order valence-electron chi connectivity index (χ3n) is 2.59. The Labute approximate surface area is 108 Å². The van der Waals surface area contributed by atoms with Crippen molar-refractivity contribution < 1.29 is 14.3 Å². The summed E-state index contributed by atoms with van der Waals surface area (Å²) in [7, 11) is 3.11. The van der Waals surface area contributed by atoms with Gasteiger partial charge >= 0.3 is 5.97 Å². The Morgan fingerprint density at radius 3 is 2.78 bits per heavy atom. The van der Waals surface area contributed by atoms with Crippen molar-refractivity contribution in [3.8, 4) is 0 Å². The Hall–Kier alpha value is -1.39. The molecule has 0 heterocycles. The van der Waals surface area contributed by atoms with E-state index in [0.29, 0.717) is 13.0 Å². The number of nitrogens with one attached hydrogen (secondary N) is 1. The van der Waals surface area contributed by atoms with Crippen LogP contribution in [0.5, 0.6) is 0 Å². The molecule has 0 aliphatic carbocycles. The van der Waals surface area contributed by atoms with Gasteiger partial charge in [-0.1, -0.05) is 24.3 Å². The molecular weight excluding hydrogens is 230 g/mol. The van der Waals surface area contributed by atoms with Gasteiger partial charge in [-0.2, -0.15) is 0 Å². The highest BCUT2D eigenvalue weighted by molar-refractivity contribution is 5.69. The van der Waals surface area contributed by atoms with Crippen LogP contribution in [-0.4, -0.2) is 26.7 Å². The molecule has 0 unspecified atom stereocenters. The molecule has 1 N–H and O–H groups in total. The van der Waals surface area contributed by atoms with Gasteiger partial charge in [-0.15, -0.1) is 0 Å². The van der Waals surface area contributed by atoms with E-state index in [4.69, 9.17) is 4.74 Å². The summed E-state index contributed by atoms with van der Waals surface area (Å²) in [6.07, 6.45) is 1.26. The number of hydrogen-bond acceptors (Lipinski definition) is 4. The molecule has 0 amide bonds. The second kappa shape index (κ2) is 8.66. The molecule has 0 saturated heterocycles. The maximum absolute atomic E-state index is 10.9. The van der Waals surface area contributed by atoms with E-state index in [2.05, 4.69) is 22.2 Å². The van der Waals surface area contributed by atoms with Gasteiger partial charge in [-0.05, 0) is 24.1 Å². The Morgan fingerprint density at radius 2 is 2.06 bits per heavy atom. The Kier molecular flexibility index (Phi) is 7.06. The van der Waals surface area contributed by atoms with Crippen molar-refractivity contribution in [2.45, 2.75) is 26.0 Å². The Balaban J connectivity index is 2.22. The molecular formula is C14H21NO3. The molecule has 18 heavy (non-hydrogen) atoms. The lowest BCUT2D eigenvalue weighted by Gasteiger charge is -2.06. The van der Waals surface area contributed by atoms with E-state index in [1.54, 1.807) is 7.11 Å². The van der Waals surface area contributed by atoms with E-state index in [-0.39, 0.29) is 5.97 Å². The monoisotopic (exact) mass is 251 g/mol. The highest BCUT2D eigenvalue weighted by atomic mass is 16.5. The normalized spacial score (nSPS) is 10.3. The number of carbonyl (C=O) groups excluding carboxylic acids is 1. The molecule has 0 atom stereocenters. The van der Waals surface area contributed by atoms with Crippen LogP contribution in [0, 0.1) is 0 Å². The lowest BCUT2D eigenvalue weighted by molar-refractivity contribution is -0.140. The first-order chi connectivity index (χ1) is 8.76. The summed E-state index contributed by atoms with van der Waals surface area (Å²) in [5.74, 6) is -0.154. The third-order valence-corrected chi connectivity index (χ3v) is 2.59. The van der Waals surface area contributed by atoms with Gasteiger partial charge in [-0.3, -0.25) is 4.79 Å². The van der Waals surface area contributed by atoms with Crippen LogP contribution in [0.1, 0.15) is 24.0 Å². The molecule has 0 radical (unpaired) electrons. The van der Waals surface area contributed by atoms with E-state index in [0.717, 1.165) is 19.5 Å². The predicted molar refractivity (Wildman–Crippen MR) is 70.1 cm³/mol. The van der Waals surface area contributed by atoms with Gasteiger partial charge in [0.05, 0.1) is 13.7 Å². The van der Waals surface area contributed by atoms with Crippen molar-refractivity contribution in [3.63, 3.8) is 0 Å². The summed E-state index contributed by atoms with van der Waals surface area (Å²) in [5, 5.41) is 3.30. The van der Waals surface area contributed by atoms with Crippen molar-refractivity contribution in [1.82, 2.24) is 5.32 Å². The molecule has 0 spiro atoms. The van der Waals surface area contributed by atoms with Gasteiger partial charge in [0.15, 0.2) is 0 Å². The third kappa shape index (κ3) is 5.80. The molecule has 1 aromatic carbocycles. The summed E-state index contributed by atoms with van der Waals surface area (Å²) >= 11 is 0. The zero-order chi connectivity index (χ0) is 13.2. The van der Waals surface area contributed by atoms with E-state index in [9.17, 15) is 4.79 Å². The molecule has 1 rings (SSSR count). The molecule has 4 heteroatoms. The van der Waals surface area contributed by atoms with Gasteiger partial charge in [0.25, 0.3) is 0 Å². The average Bonchev–Trinajstić information content (AvgIpc) is 2.39. The number of benzene rings is 1. The fourth-order valence-corrected chi connectivity index (χ4v) is 1.69. The Bertz CT molecular complexity index is 366. The van der Waals surface area contributed by atoms with Crippen LogP contribution < -0.4 is 5.32 Å². The molecule has 0 bridgehead atoms. The van der Waals surface area contributed by atoms with E-state index < -0.39 is 0 Å². The quantitative estimate of drug-likeness (QED) is 0.566. The number of carbonyl (C=O) groups is 1. The van der Waals surface area contributed by atoms with Crippen LogP contribution in [0.3, 0.4) is 0 Å². The summed E-state index contributed by atoms with van der Waals surface area (Å²) in [6, 6.07) is 8.27. The zero-order valence-electron chi connectivity index (χ0n) is 11.1. The van der Waals surface area contributed by atoms with Crippen LogP contribution >= 0.6 is 0 Å². The maximum Gasteiger partial charge on any atom is 0.305 e. The second-order valence-corrected chi connectivity index (χ2v) is 4.11. The maximum atomic E-state index is 10.9. The van der Waals surface area contributed by atoms with Crippen LogP contribution in [0.2, 0.25) is 0 Å². The van der Waals surface area contributed by atoms with Crippen molar-refractivity contribution in [1.29, 1.82) is 0 Å². The molecule has 0 aromatic heterocycles. The molecule has 1 aromatic rings. The average molecular weight is 251 g/mol. The molecule has 0 fully saturated rings. The first-order valence-corrected chi connectivity index (χ1v) is 6.10.